The van der Waals surface area contributed by atoms with Gasteiger partial charge in [-0.1, -0.05) is 6.07 Å². The van der Waals surface area contributed by atoms with E-state index in [1.54, 1.807) is 18.7 Å². The number of benzene rings is 1. The molecule has 1 fully saturated rings. The van der Waals surface area contributed by atoms with Crippen molar-refractivity contribution in [1.82, 2.24) is 24.5 Å². The Morgan fingerprint density at radius 2 is 1.66 bits per heavy atom. The number of carbonyl (C=O) groups excluding carboxylic acids is 3. The van der Waals surface area contributed by atoms with Crippen molar-refractivity contribution in [1.29, 1.82) is 0 Å². The van der Waals surface area contributed by atoms with Crippen molar-refractivity contribution in [2.75, 3.05) is 45.8 Å². The largest absolute Gasteiger partial charge is 0.416 e. The Bertz CT molecular complexity index is 1100. The van der Waals surface area contributed by atoms with E-state index in [0.717, 1.165) is 12.1 Å². The van der Waals surface area contributed by atoms with Crippen molar-refractivity contribution in [3.63, 3.8) is 0 Å². The van der Waals surface area contributed by atoms with Crippen LogP contribution in [0.2, 0.25) is 0 Å². The van der Waals surface area contributed by atoms with E-state index in [2.05, 4.69) is 5.10 Å². The molecule has 1 aliphatic rings. The minimum Gasteiger partial charge on any atom is -0.342 e. The first-order chi connectivity index (χ1) is 16.5. The van der Waals surface area contributed by atoms with Gasteiger partial charge in [-0.3, -0.25) is 19.3 Å². The highest BCUT2D eigenvalue weighted by Crippen LogP contribution is 2.31. The molecule has 190 valence electrons. The van der Waals surface area contributed by atoms with Gasteiger partial charge in [-0.2, -0.15) is 18.3 Å². The standard InChI is InChI=1S/C24H30F3N5O3/c1-5-30(6-2)20(33)15-29-10-12-31(13-11-29)23(35)22(34)21-16(3)28-32(17(21)4)19-9-7-8-18(14-19)24(25,26)27/h7-9,14H,5-6,10-13,15H2,1-4H3. The van der Waals surface area contributed by atoms with E-state index in [4.69, 9.17) is 0 Å². The monoisotopic (exact) mass is 493 g/mol. The Labute approximate surface area is 202 Å². The number of carbonyl (C=O) groups is 3. The average molecular weight is 494 g/mol. The fourth-order valence-electron chi connectivity index (χ4n) is 4.26. The Morgan fingerprint density at radius 1 is 1.03 bits per heavy atom. The number of hydrogen-bond acceptors (Lipinski definition) is 5. The van der Waals surface area contributed by atoms with Crippen molar-refractivity contribution in [3.05, 3.63) is 46.8 Å². The average Bonchev–Trinajstić information content (AvgIpc) is 3.12. The highest BCUT2D eigenvalue weighted by atomic mass is 19.4. The van der Waals surface area contributed by atoms with Gasteiger partial charge in [0.15, 0.2) is 0 Å². The van der Waals surface area contributed by atoms with Crippen LogP contribution in [0.25, 0.3) is 5.69 Å². The second-order valence-electron chi connectivity index (χ2n) is 8.47. The van der Waals surface area contributed by atoms with Crippen LogP contribution in [0.3, 0.4) is 0 Å². The van der Waals surface area contributed by atoms with Gasteiger partial charge in [-0.15, -0.1) is 0 Å². The lowest BCUT2D eigenvalue weighted by atomic mass is 10.1. The van der Waals surface area contributed by atoms with Crippen LogP contribution in [0.1, 0.15) is 41.2 Å². The highest BCUT2D eigenvalue weighted by molar-refractivity contribution is 6.43. The van der Waals surface area contributed by atoms with E-state index >= 15 is 0 Å². The fraction of sp³-hybridized carbons (Fsp3) is 0.500. The van der Waals surface area contributed by atoms with Gasteiger partial charge >= 0.3 is 6.18 Å². The van der Waals surface area contributed by atoms with Gasteiger partial charge in [-0.05, 0) is 45.9 Å². The number of ketones is 1. The number of rotatable bonds is 7. The quantitative estimate of drug-likeness (QED) is 0.438. The zero-order chi connectivity index (χ0) is 25.9. The first kappa shape index (κ1) is 26.4. The molecule has 2 aromatic rings. The number of Topliss-reactive ketones (excluding diaryl/α,β-unsaturated/α-hetero) is 1. The molecule has 0 radical (unpaired) electrons. The SMILES string of the molecule is CCN(CC)C(=O)CN1CCN(C(=O)C(=O)c2c(C)nn(-c3cccc(C(F)(F)F)c3)c2C)CC1. The fourth-order valence-corrected chi connectivity index (χ4v) is 4.26. The molecule has 1 aliphatic heterocycles. The summed E-state index contributed by atoms with van der Waals surface area (Å²) in [6, 6.07) is 4.64. The zero-order valence-corrected chi connectivity index (χ0v) is 20.4. The summed E-state index contributed by atoms with van der Waals surface area (Å²) < 4.78 is 40.6. The van der Waals surface area contributed by atoms with Crippen molar-refractivity contribution in [2.24, 2.45) is 0 Å². The van der Waals surface area contributed by atoms with Crippen molar-refractivity contribution in [2.45, 2.75) is 33.9 Å². The molecule has 2 heterocycles. The van der Waals surface area contributed by atoms with Gasteiger partial charge in [0.1, 0.15) is 0 Å². The molecule has 0 atom stereocenters. The number of piperazine rings is 1. The Kier molecular flexibility index (Phi) is 7.99. The minimum atomic E-state index is -4.52. The Hall–Kier alpha value is -3.21. The Balaban J connectivity index is 1.71. The third-order valence-corrected chi connectivity index (χ3v) is 6.27. The lowest BCUT2D eigenvalue weighted by Gasteiger charge is -2.34. The molecule has 2 amide bonds. The van der Waals surface area contributed by atoms with Crippen LogP contribution >= 0.6 is 0 Å². The summed E-state index contributed by atoms with van der Waals surface area (Å²) in [6.45, 7) is 10.0. The number of alkyl halides is 3. The molecule has 0 bridgehead atoms. The summed E-state index contributed by atoms with van der Waals surface area (Å²) in [7, 11) is 0. The highest BCUT2D eigenvalue weighted by Gasteiger charge is 2.33. The predicted molar refractivity (Wildman–Crippen MR) is 123 cm³/mol. The van der Waals surface area contributed by atoms with Crippen LogP contribution in [0.5, 0.6) is 0 Å². The second-order valence-corrected chi connectivity index (χ2v) is 8.47. The minimum absolute atomic E-state index is 0.0270. The number of aromatic nitrogens is 2. The van der Waals surface area contributed by atoms with Crippen LogP contribution in [-0.4, -0.2) is 87.9 Å². The third kappa shape index (κ3) is 5.72. The number of nitrogens with zero attached hydrogens (tertiary/aromatic N) is 5. The molecule has 1 aromatic carbocycles. The summed E-state index contributed by atoms with van der Waals surface area (Å²) in [5.74, 6) is -1.40. The van der Waals surface area contributed by atoms with E-state index in [9.17, 15) is 27.6 Å². The maximum Gasteiger partial charge on any atom is 0.416 e. The third-order valence-electron chi connectivity index (χ3n) is 6.27. The first-order valence-corrected chi connectivity index (χ1v) is 11.6. The van der Waals surface area contributed by atoms with Gasteiger partial charge in [0.05, 0.1) is 34.7 Å². The van der Waals surface area contributed by atoms with Gasteiger partial charge in [-0.25, -0.2) is 4.68 Å². The number of aryl methyl sites for hydroxylation is 1. The molecule has 0 spiro atoms. The molecule has 3 rings (SSSR count). The molecule has 11 heteroatoms. The lowest BCUT2D eigenvalue weighted by Crippen LogP contribution is -2.53. The van der Waals surface area contributed by atoms with E-state index in [1.165, 1.54) is 21.7 Å². The molecule has 1 saturated heterocycles. The summed E-state index contributed by atoms with van der Waals surface area (Å²) in [5, 5.41) is 4.24. The normalized spacial score (nSPS) is 14.8. The van der Waals surface area contributed by atoms with Crippen LogP contribution in [0.4, 0.5) is 13.2 Å². The summed E-state index contributed by atoms with van der Waals surface area (Å²) in [5.41, 5.74) is -0.0286. The number of hydrogen-bond donors (Lipinski definition) is 0. The van der Waals surface area contributed by atoms with Crippen LogP contribution in [0.15, 0.2) is 24.3 Å². The Morgan fingerprint density at radius 3 is 2.23 bits per heavy atom. The molecule has 0 N–H and O–H groups in total. The summed E-state index contributed by atoms with van der Waals surface area (Å²) in [6.07, 6.45) is -4.52. The van der Waals surface area contributed by atoms with Gasteiger partial charge in [0.25, 0.3) is 11.7 Å². The lowest BCUT2D eigenvalue weighted by molar-refractivity contribution is -0.137. The molecule has 0 saturated carbocycles. The number of halogens is 3. The molecular formula is C24H30F3N5O3. The van der Waals surface area contributed by atoms with Gasteiger partial charge in [0, 0.05) is 39.3 Å². The maximum atomic E-state index is 13.1. The van der Waals surface area contributed by atoms with Crippen molar-refractivity contribution >= 4 is 17.6 Å². The number of likely N-dealkylation sites (N-methyl/N-ethyl adjacent to an activating group) is 1. The van der Waals surface area contributed by atoms with Gasteiger partial charge < -0.3 is 9.80 Å². The maximum absolute atomic E-state index is 13.1. The second kappa shape index (κ2) is 10.6. The summed E-state index contributed by atoms with van der Waals surface area (Å²) in [4.78, 5) is 43.5. The van der Waals surface area contributed by atoms with Crippen molar-refractivity contribution < 1.29 is 27.6 Å². The van der Waals surface area contributed by atoms with E-state index in [0.29, 0.717) is 45.0 Å². The smallest absolute Gasteiger partial charge is 0.342 e. The molecule has 8 nitrogen and oxygen atoms in total. The predicted octanol–water partition coefficient (Wildman–Crippen LogP) is 2.70. The van der Waals surface area contributed by atoms with Gasteiger partial charge in [0.2, 0.25) is 5.91 Å². The van der Waals surface area contributed by atoms with E-state index in [-0.39, 0.29) is 29.4 Å². The molecular weight excluding hydrogens is 463 g/mol. The van der Waals surface area contributed by atoms with E-state index < -0.39 is 23.4 Å². The topological polar surface area (TPSA) is 78.8 Å². The van der Waals surface area contributed by atoms with Crippen LogP contribution in [-0.2, 0) is 15.8 Å². The van der Waals surface area contributed by atoms with Crippen LogP contribution in [0, 0.1) is 13.8 Å². The molecule has 0 aliphatic carbocycles. The molecule has 35 heavy (non-hydrogen) atoms. The summed E-state index contributed by atoms with van der Waals surface area (Å²) >= 11 is 0. The zero-order valence-electron chi connectivity index (χ0n) is 20.4. The molecule has 0 unspecified atom stereocenters. The van der Waals surface area contributed by atoms with E-state index in [1.807, 2.05) is 18.7 Å². The first-order valence-electron chi connectivity index (χ1n) is 11.6. The number of amides is 2. The molecule has 1 aromatic heterocycles. The van der Waals surface area contributed by atoms with Crippen molar-refractivity contribution in [3.8, 4) is 5.69 Å². The van der Waals surface area contributed by atoms with Crippen LogP contribution < -0.4 is 0 Å².